The van der Waals surface area contributed by atoms with Crippen LogP contribution in [0.15, 0.2) is 47.4 Å². The number of non-ortho nitro benzene ring substituents is 1. The highest BCUT2D eigenvalue weighted by Crippen LogP contribution is 2.28. The van der Waals surface area contributed by atoms with Gasteiger partial charge in [-0.05, 0) is 24.3 Å². The van der Waals surface area contributed by atoms with E-state index < -0.39 is 20.8 Å². The fourth-order valence-electron chi connectivity index (χ4n) is 1.54. The Morgan fingerprint density at radius 1 is 1.19 bits per heavy atom. The largest absolute Gasteiger partial charge is 0.278 e. The lowest BCUT2D eigenvalue weighted by Crippen LogP contribution is -2.13. The minimum atomic E-state index is -4.10. The van der Waals surface area contributed by atoms with Gasteiger partial charge in [0.05, 0.1) is 20.5 Å². The van der Waals surface area contributed by atoms with Crippen LogP contribution in [0.1, 0.15) is 0 Å². The Balaban J connectivity index is 2.41. The Hall–Kier alpha value is -2.19. The Morgan fingerprint density at radius 3 is 2.52 bits per heavy atom. The van der Waals surface area contributed by atoms with Crippen LogP contribution in [-0.4, -0.2) is 13.3 Å². The highest BCUT2D eigenvalue weighted by atomic mass is 35.5. The van der Waals surface area contributed by atoms with Gasteiger partial charge in [0.25, 0.3) is 15.7 Å². The number of hydrogen-bond donors (Lipinski definition) is 1. The molecule has 110 valence electrons. The molecule has 0 aliphatic rings. The summed E-state index contributed by atoms with van der Waals surface area (Å²) in [5.74, 6) is -0.719. The van der Waals surface area contributed by atoms with Gasteiger partial charge in [-0.25, -0.2) is 12.8 Å². The minimum Gasteiger partial charge on any atom is -0.278 e. The van der Waals surface area contributed by atoms with E-state index in [2.05, 4.69) is 4.72 Å². The van der Waals surface area contributed by atoms with Crippen molar-refractivity contribution in [1.29, 1.82) is 0 Å². The molecule has 0 saturated heterocycles. The molecule has 0 radical (unpaired) electrons. The molecule has 9 heteroatoms. The van der Waals surface area contributed by atoms with Gasteiger partial charge in [0.15, 0.2) is 0 Å². The van der Waals surface area contributed by atoms with Crippen molar-refractivity contribution in [3.63, 3.8) is 0 Å². The molecule has 0 saturated carbocycles. The van der Waals surface area contributed by atoms with E-state index in [-0.39, 0.29) is 21.3 Å². The topological polar surface area (TPSA) is 89.3 Å². The van der Waals surface area contributed by atoms with Crippen LogP contribution in [0.25, 0.3) is 0 Å². The molecule has 0 bridgehead atoms. The molecule has 2 aromatic rings. The van der Waals surface area contributed by atoms with Gasteiger partial charge in [-0.15, -0.1) is 0 Å². The second-order valence-electron chi connectivity index (χ2n) is 3.98. The van der Waals surface area contributed by atoms with Crippen LogP contribution in [-0.2, 0) is 10.0 Å². The van der Waals surface area contributed by atoms with Gasteiger partial charge in [0.1, 0.15) is 5.82 Å². The average Bonchev–Trinajstić information content (AvgIpc) is 2.41. The van der Waals surface area contributed by atoms with E-state index >= 15 is 0 Å². The quantitative estimate of drug-likeness (QED) is 0.688. The van der Waals surface area contributed by atoms with E-state index in [4.69, 9.17) is 11.6 Å². The number of rotatable bonds is 4. The zero-order valence-corrected chi connectivity index (χ0v) is 11.9. The molecule has 2 rings (SSSR count). The van der Waals surface area contributed by atoms with Crippen molar-refractivity contribution in [2.24, 2.45) is 0 Å². The van der Waals surface area contributed by atoms with Crippen molar-refractivity contribution in [2.75, 3.05) is 4.72 Å². The predicted octanol–water partition coefficient (Wildman–Crippen LogP) is 3.19. The molecule has 0 aliphatic carbocycles. The second kappa shape index (κ2) is 5.66. The molecule has 6 nitrogen and oxygen atoms in total. The molecule has 21 heavy (non-hydrogen) atoms. The Bertz CT molecular complexity index is 811. The fraction of sp³-hybridized carbons (Fsp3) is 0. The average molecular weight is 331 g/mol. The maximum absolute atomic E-state index is 13.1. The lowest BCUT2D eigenvalue weighted by atomic mass is 10.3. The number of nitro groups is 1. The summed E-state index contributed by atoms with van der Waals surface area (Å²) in [5, 5.41) is 10.7. The van der Waals surface area contributed by atoms with E-state index in [0.717, 1.165) is 24.3 Å². The molecule has 0 unspecified atom stereocenters. The summed E-state index contributed by atoms with van der Waals surface area (Å²) in [6.45, 7) is 0. The highest BCUT2D eigenvalue weighted by Gasteiger charge is 2.18. The second-order valence-corrected chi connectivity index (χ2v) is 6.07. The number of nitrogens with one attached hydrogen (secondary N) is 1. The van der Waals surface area contributed by atoms with Crippen LogP contribution in [0, 0.1) is 15.9 Å². The smallest absolute Gasteiger partial charge is 0.271 e. The van der Waals surface area contributed by atoms with Gasteiger partial charge >= 0.3 is 0 Å². The summed E-state index contributed by atoms with van der Waals surface area (Å²) in [5.41, 5.74) is -0.480. The molecule has 1 N–H and O–H groups in total. The summed E-state index contributed by atoms with van der Waals surface area (Å²) in [7, 11) is -4.10. The zero-order valence-electron chi connectivity index (χ0n) is 10.3. The number of sulfonamides is 1. The standard InChI is InChI=1S/C12H8ClFN2O4S/c13-11-5-4-9(16(17)18)7-12(11)15-21(19,20)10-3-1-2-8(14)6-10/h1-7,15H. The first-order valence-electron chi connectivity index (χ1n) is 5.52. The molecule has 0 aliphatic heterocycles. The van der Waals surface area contributed by atoms with Crippen molar-refractivity contribution >= 4 is 33.0 Å². The molecule has 0 fully saturated rings. The number of nitro benzene ring substituents is 1. The molecule has 0 atom stereocenters. The molecule has 0 amide bonds. The van der Waals surface area contributed by atoms with E-state index in [9.17, 15) is 22.9 Å². The molecular formula is C12H8ClFN2O4S. The third-order valence-corrected chi connectivity index (χ3v) is 4.20. The van der Waals surface area contributed by atoms with Crippen molar-refractivity contribution in [3.8, 4) is 0 Å². The number of benzene rings is 2. The molecule has 0 aromatic heterocycles. The van der Waals surface area contributed by atoms with Crippen LogP contribution in [0.3, 0.4) is 0 Å². The third kappa shape index (κ3) is 3.47. The molecule has 0 spiro atoms. The van der Waals surface area contributed by atoms with E-state index in [1.165, 1.54) is 18.2 Å². The van der Waals surface area contributed by atoms with Crippen molar-refractivity contribution < 1.29 is 17.7 Å². The van der Waals surface area contributed by atoms with Crippen molar-refractivity contribution in [2.45, 2.75) is 4.90 Å². The summed E-state index contributed by atoms with van der Waals surface area (Å²) in [4.78, 5) is 9.68. The Labute approximate surface area is 124 Å². The van der Waals surface area contributed by atoms with E-state index in [0.29, 0.717) is 0 Å². The first kappa shape index (κ1) is 15.2. The summed E-state index contributed by atoms with van der Waals surface area (Å²) < 4.78 is 39.3. The Kier molecular flexibility index (Phi) is 4.10. The Morgan fingerprint density at radius 2 is 1.90 bits per heavy atom. The van der Waals surface area contributed by atoms with E-state index in [1.807, 2.05) is 0 Å². The van der Waals surface area contributed by atoms with Crippen LogP contribution < -0.4 is 4.72 Å². The zero-order chi connectivity index (χ0) is 15.6. The number of nitrogens with zero attached hydrogens (tertiary/aromatic N) is 1. The van der Waals surface area contributed by atoms with Gasteiger partial charge in [-0.3, -0.25) is 14.8 Å². The highest BCUT2D eigenvalue weighted by molar-refractivity contribution is 7.92. The lowest BCUT2D eigenvalue weighted by Gasteiger charge is -2.09. The van der Waals surface area contributed by atoms with Crippen LogP contribution >= 0.6 is 11.6 Å². The maximum atomic E-state index is 13.1. The predicted molar refractivity (Wildman–Crippen MR) is 75.3 cm³/mol. The number of anilines is 1. The molecule has 2 aromatic carbocycles. The third-order valence-electron chi connectivity index (χ3n) is 2.51. The fourth-order valence-corrected chi connectivity index (χ4v) is 2.87. The summed E-state index contributed by atoms with van der Waals surface area (Å²) in [6, 6.07) is 7.67. The maximum Gasteiger partial charge on any atom is 0.271 e. The van der Waals surface area contributed by atoms with Crippen molar-refractivity contribution in [3.05, 3.63) is 63.4 Å². The first-order chi connectivity index (χ1) is 9.79. The van der Waals surface area contributed by atoms with E-state index in [1.54, 1.807) is 0 Å². The van der Waals surface area contributed by atoms with Crippen LogP contribution in [0.2, 0.25) is 5.02 Å². The summed E-state index contributed by atoms with van der Waals surface area (Å²) in [6.07, 6.45) is 0. The van der Waals surface area contributed by atoms with Gasteiger partial charge in [-0.1, -0.05) is 17.7 Å². The monoisotopic (exact) mass is 330 g/mol. The minimum absolute atomic E-state index is 0.0134. The lowest BCUT2D eigenvalue weighted by molar-refractivity contribution is -0.384. The van der Waals surface area contributed by atoms with Crippen molar-refractivity contribution in [1.82, 2.24) is 0 Å². The number of halogens is 2. The molecule has 0 heterocycles. The molecular weight excluding hydrogens is 323 g/mol. The van der Waals surface area contributed by atoms with Crippen LogP contribution in [0.4, 0.5) is 15.8 Å². The van der Waals surface area contributed by atoms with Gasteiger partial charge < -0.3 is 0 Å². The summed E-state index contributed by atoms with van der Waals surface area (Å²) >= 11 is 5.80. The SMILES string of the molecule is O=[N+]([O-])c1ccc(Cl)c(NS(=O)(=O)c2cccc(F)c2)c1. The first-order valence-corrected chi connectivity index (χ1v) is 7.38. The van der Waals surface area contributed by atoms with Crippen LogP contribution in [0.5, 0.6) is 0 Å². The van der Waals surface area contributed by atoms with Gasteiger partial charge in [0, 0.05) is 12.1 Å². The normalized spacial score (nSPS) is 11.1. The van der Waals surface area contributed by atoms with Gasteiger partial charge in [0.2, 0.25) is 0 Å². The van der Waals surface area contributed by atoms with Gasteiger partial charge in [-0.2, -0.15) is 0 Å². The number of hydrogen-bond acceptors (Lipinski definition) is 4.